The van der Waals surface area contributed by atoms with Crippen molar-refractivity contribution in [2.75, 3.05) is 20.1 Å². The second-order valence-corrected chi connectivity index (χ2v) is 6.91. The van der Waals surface area contributed by atoms with Crippen molar-refractivity contribution in [1.82, 2.24) is 19.8 Å². The summed E-state index contributed by atoms with van der Waals surface area (Å²) in [6.45, 7) is 1.60. The maximum absolute atomic E-state index is 12.5. The number of nitrogens with zero attached hydrogens (tertiary/aromatic N) is 3. The second-order valence-electron chi connectivity index (χ2n) is 6.91. The zero-order chi connectivity index (χ0) is 18.7. The first-order valence-electron chi connectivity index (χ1n) is 8.82. The highest BCUT2D eigenvalue weighted by Crippen LogP contribution is 2.34. The normalized spacial score (nSPS) is 20.7. The van der Waals surface area contributed by atoms with Crippen LogP contribution in [0.4, 0.5) is 0 Å². The molecule has 0 spiro atoms. The molecule has 2 aromatic rings. The summed E-state index contributed by atoms with van der Waals surface area (Å²) in [6, 6.07) is 6.71. The van der Waals surface area contributed by atoms with Gasteiger partial charge in [-0.25, -0.2) is 4.98 Å². The highest BCUT2D eigenvalue weighted by molar-refractivity contribution is 5.99. The van der Waals surface area contributed by atoms with Crippen LogP contribution in [0.1, 0.15) is 45.3 Å². The average molecular weight is 355 g/mol. The molecule has 0 aliphatic carbocycles. The Labute approximate surface area is 153 Å². The predicted octanol–water partition coefficient (Wildman–Crippen LogP) is 1.33. The largest absolute Gasteiger partial charge is 0.366 e. The lowest BCUT2D eigenvalue weighted by atomic mass is 9.87. The summed E-state index contributed by atoms with van der Waals surface area (Å²) in [7, 11) is 4.11. The van der Waals surface area contributed by atoms with E-state index in [1.165, 1.54) is 6.07 Å². The van der Waals surface area contributed by atoms with Crippen molar-refractivity contribution in [1.29, 1.82) is 0 Å². The van der Waals surface area contributed by atoms with E-state index in [1.54, 1.807) is 18.2 Å². The smallest absolute Gasteiger partial charge is 0.251 e. The Hall–Kier alpha value is -2.67. The van der Waals surface area contributed by atoms with Gasteiger partial charge in [-0.05, 0) is 50.6 Å². The lowest BCUT2D eigenvalue weighted by molar-refractivity contribution is 0.0882. The Bertz CT molecular complexity index is 801. The van der Waals surface area contributed by atoms with Crippen LogP contribution in [0.25, 0.3) is 0 Å². The van der Waals surface area contributed by atoms with Crippen molar-refractivity contribution in [3.63, 3.8) is 0 Å². The van der Waals surface area contributed by atoms with Gasteiger partial charge in [0.1, 0.15) is 0 Å². The van der Waals surface area contributed by atoms with Crippen molar-refractivity contribution in [3.8, 4) is 0 Å². The molecule has 0 radical (unpaired) electrons. The van der Waals surface area contributed by atoms with Crippen LogP contribution in [0.2, 0.25) is 0 Å². The molecule has 0 bridgehead atoms. The fraction of sp³-hybridized carbons (Fsp3) is 0.421. The zero-order valence-electron chi connectivity index (χ0n) is 15.2. The van der Waals surface area contributed by atoms with Gasteiger partial charge in [-0.3, -0.25) is 14.5 Å². The number of aryl methyl sites for hydroxylation is 1. The van der Waals surface area contributed by atoms with Gasteiger partial charge in [0.15, 0.2) is 0 Å². The molecule has 2 atom stereocenters. The third-order valence-electron chi connectivity index (χ3n) is 5.10. The van der Waals surface area contributed by atoms with Gasteiger partial charge in [0, 0.05) is 30.9 Å². The van der Waals surface area contributed by atoms with Gasteiger partial charge in [-0.15, -0.1) is 0 Å². The molecular formula is C19H25N5O2. The van der Waals surface area contributed by atoms with Crippen LogP contribution in [0.15, 0.2) is 36.8 Å². The third-order valence-corrected chi connectivity index (χ3v) is 5.10. The van der Waals surface area contributed by atoms with E-state index in [1.807, 2.05) is 24.1 Å². The molecule has 1 aliphatic rings. The van der Waals surface area contributed by atoms with Gasteiger partial charge >= 0.3 is 0 Å². The summed E-state index contributed by atoms with van der Waals surface area (Å²) in [4.78, 5) is 30.4. The number of nitrogens with one attached hydrogen (secondary N) is 1. The number of likely N-dealkylation sites (tertiary alicyclic amines) is 1. The van der Waals surface area contributed by atoms with E-state index in [0.29, 0.717) is 23.6 Å². The molecule has 3 N–H and O–H groups in total. The van der Waals surface area contributed by atoms with Crippen LogP contribution >= 0.6 is 0 Å². The fourth-order valence-corrected chi connectivity index (χ4v) is 3.73. The zero-order valence-corrected chi connectivity index (χ0v) is 15.2. The number of hydrogen-bond donors (Lipinski definition) is 2. The highest BCUT2D eigenvalue weighted by atomic mass is 16.2. The SMILES string of the molecule is CN1CCC[C@@H](CNC(=O)c2cccc(C(N)=O)c2)[C@@H]1c1cncn1C. The van der Waals surface area contributed by atoms with Crippen molar-refractivity contribution < 1.29 is 9.59 Å². The van der Waals surface area contributed by atoms with E-state index in [0.717, 1.165) is 25.1 Å². The number of rotatable bonds is 5. The number of piperidine rings is 1. The molecular weight excluding hydrogens is 330 g/mol. The topological polar surface area (TPSA) is 93.2 Å². The summed E-state index contributed by atoms with van der Waals surface area (Å²) >= 11 is 0. The number of carbonyl (C=O) groups excluding carboxylic acids is 2. The number of primary amides is 1. The molecule has 0 unspecified atom stereocenters. The van der Waals surface area contributed by atoms with Crippen LogP contribution in [0, 0.1) is 5.92 Å². The minimum Gasteiger partial charge on any atom is -0.366 e. The van der Waals surface area contributed by atoms with E-state index in [-0.39, 0.29) is 11.9 Å². The summed E-state index contributed by atoms with van der Waals surface area (Å²) in [5, 5.41) is 3.02. The van der Waals surface area contributed by atoms with E-state index < -0.39 is 5.91 Å². The minimum absolute atomic E-state index is 0.190. The summed E-state index contributed by atoms with van der Waals surface area (Å²) in [6.07, 6.45) is 5.85. The molecule has 26 heavy (non-hydrogen) atoms. The van der Waals surface area contributed by atoms with Gasteiger partial charge in [-0.2, -0.15) is 0 Å². The number of imidazole rings is 1. The molecule has 1 aliphatic heterocycles. The summed E-state index contributed by atoms with van der Waals surface area (Å²) < 4.78 is 2.04. The van der Waals surface area contributed by atoms with Gasteiger partial charge in [0.25, 0.3) is 5.91 Å². The van der Waals surface area contributed by atoms with Gasteiger partial charge in [-0.1, -0.05) is 6.07 Å². The Balaban J connectivity index is 1.71. The monoisotopic (exact) mass is 355 g/mol. The molecule has 1 fully saturated rings. The quantitative estimate of drug-likeness (QED) is 0.846. The van der Waals surface area contributed by atoms with Gasteiger partial charge in [0.05, 0.1) is 18.1 Å². The van der Waals surface area contributed by atoms with Crippen LogP contribution in [0.3, 0.4) is 0 Å². The molecule has 1 aromatic heterocycles. The molecule has 2 amide bonds. The number of amides is 2. The van der Waals surface area contributed by atoms with Crippen molar-refractivity contribution >= 4 is 11.8 Å². The van der Waals surface area contributed by atoms with Crippen LogP contribution in [-0.2, 0) is 7.05 Å². The molecule has 138 valence electrons. The number of benzene rings is 1. The first kappa shape index (κ1) is 18.1. The third kappa shape index (κ3) is 3.77. The van der Waals surface area contributed by atoms with Crippen LogP contribution in [0.5, 0.6) is 0 Å². The van der Waals surface area contributed by atoms with Gasteiger partial charge < -0.3 is 15.6 Å². The van der Waals surface area contributed by atoms with Crippen molar-refractivity contribution in [2.45, 2.75) is 18.9 Å². The second kappa shape index (κ2) is 7.70. The molecule has 7 heteroatoms. The van der Waals surface area contributed by atoms with E-state index >= 15 is 0 Å². The van der Waals surface area contributed by atoms with Crippen LogP contribution < -0.4 is 11.1 Å². The maximum atomic E-state index is 12.5. The predicted molar refractivity (Wildman–Crippen MR) is 98.6 cm³/mol. The van der Waals surface area contributed by atoms with E-state index in [2.05, 4.69) is 22.2 Å². The van der Waals surface area contributed by atoms with E-state index in [9.17, 15) is 9.59 Å². The highest BCUT2D eigenvalue weighted by Gasteiger charge is 2.32. The minimum atomic E-state index is -0.537. The maximum Gasteiger partial charge on any atom is 0.251 e. The lowest BCUT2D eigenvalue weighted by Crippen LogP contribution is -2.42. The molecule has 3 rings (SSSR count). The number of aromatic nitrogens is 2. The molecule has 1 aromatic carbocycles. The first-order valence-corrected chi connectivity index (χ1v) is 8.82. The van der Waals surface area contributed by atoms with E-state index in [4.69, 9.17) is 5.73 Å². The Kier molecular flexibility index (Phi) is 5.37. The summed E-state index contributed by atoms with van der Waals surface area (Å²) in [5.41, 5.74) is 7.23. The Morgan fingerprint density at radius 3 is 2.77 bits per heavy atom. The fourth-order valence-electron chi connectivity index (χ4n) is 3.73. The Morgan fingerprint density at radius 1 is 1.31 bits per heavy atom. The van der Waals surface area contributed by atoms with Crippen molar-refractivity contribution in [3.05, 3.63) is 53.6 Å². The first-order chi connectivity index (χ1) is 12.5. The molecule has 2 heterocycles. The molecule has 1 saturated heterocycles. The molecule has 7 nitrogen and oxygen atoms in total. The molecule has 0 saturated carbocycles. The number of carbonyl (C=O) groups is 2. The lowest BCUT2D eigenvalue weighted by Gasteiger charge is -2.39. The number of hydrogen-bond acceptors (Lipinski definition) is 4. The number of nitrogens with two attached hydrogens (primary N) is 1. The van der Waals surface area contributed by atoms with Gasteiger partial charge in [0.2, 0.25) is 5.91 Å². The van der Waals surface area contributed by atoms with Crippen LogP contribution in [-0.4, -0.2) is 46.4 Å². The standard InChI is InChI=1S/C19H25N5O2/c1-23-8-4-7-15(17(23)16-11-21-12-24(16)2)10-22-19(26)14-6-3-5-13(9-14)18(20)25/h3,5-6,9,11-12,15,17H,4,7-8,10H2,1-2H3,(H2,20,25)(H,22,26)/t15-,17+/m0/s1. The average Bonchev–Trinajstić information content (AvgIpc) is 3.05. The Morgan fingerprint density at radius 2 is 2.08 bits per heavy atom. The van der Waals surface area contributed by atoms with Crippen molar-refractivity contribution in [2.24, 2.45) is 18.7 Å². The summed E-state index contributed by atoms with van der Waals surface area (Å²) in [5.74, 6) is -0.428.